The average molecular weight is 428 g/mol. The number of rotatable bonds is 3. The van der Waals surface area contributed by atoms with Gasteiger partial charge in [0, 0.05) is 56.2 Å². The second-order valence-electron chi connectivity index (χ2n) is 7.96. The zero-order valence-corrected chi connectivity index (χ0v) is 17.9. The number of amides is 1. The number of aryl methyl sites for hydroxylation is 1. The van der Waals surface area contributed by atoms with E-state index in [0.717, 1.165) is 5.69 Å². The van der Waals surface area contributed by atoms with E-state index in [-0.39, 0.29) is 22.6 Å². The van der Waals surface area contributed by atoms with Crippen molar-refractivity contribution in [1.82, 2.24) is 14.5 Å². The lowest BCUT2D eigenvalue weighted by Gasteiger charge is -2.36. The van der Waals surface area contributed by atoms with E-state index in [1.165, 1.54) is 6.07 Å². The molecule has 1 fully saturated rings. The van der Waals surface area contributed by atoms with Crippen molar-refractivity contribution in [3.63, 3.8) is 0 Å². The number of phenols is 1. The van der Waals surface area contributed by atoms with Crippen LogP contribution in [0.2, 0.25) is 0 Å². The highest BCUT2D eigenvalue weighted by Crippen LogP contribution is 2.30. The maximum Gasteiger partial charge on any atom is 0.259 e. The van der Waals surface area contributed by atoms with Gasteiger partial charge in [-0.05, 0) is 37.3 Å². The summed E-state index contributed by atoms with van der Waals surface area (Å²) in [5.41, 5.74) is 2.03. The van der Waals surface area contributed by atoms with Gasteiger partial charge in [0.05, 0.1) is 10.9 Å². The Bertz CT molecular complexity index is 1370. The first-order valence-corrected chi connectivity index (χ1v) is 10.8. The largest absolute Gasteiger partial charge is 0.506 e. The van der Waals surface area contributed by atoms with E-state index in [2.05, 4.69) is 22.0 Å². The van der Waals surface area contributed by atoms with E-state index in [4.69, 9.17) is 0 Å². The van der Waals surface area contributed by atoms with Gasteiger partial charge in [-0.15, -0.1) is 0 Å². The van der Waals surface area contributed by atoms with Crippen molar-refractivity contribution < 1.29 is 9.90 Å². The second kappa shape index (κ2) is 8.00. The summed E-state index contributed by atoms with van der Waals surface area (Å²) in [4.78, 5) is 34.9. The number of piperazine rings is 1. The molecule has 162 valence electrons. The van der Waals surface area contributed by atoms with E-state index in [0.29, 0.717) is 54.5 Å². The quantitative estimate of drug-likeness (QED) is 0.507. The normalized spacial score (nSPS) is 14.3. The maximum absolute atomic E-state index is 13.4. The van der Waals surface area contributed by atoms with Crippen LogP contribution in [0.25, 0.3) is 21.8 Å². The third kappa shape index (κ3) is 3.26. The summed E-state index contributed by atoms with van der Waals surface area (Å²) in [7, 11) is 0. The molecule has 0 aliphatic carbocycles. The molecule has 0 saturated carbocycles. The van der Waals surface area contributed by atoms with Gasteiger partial charge in [0.2, 0.25) is 5.43 Å². The summed E-state index contributed by atoms with van der Waals surface area (Å²) < 4.78 is 1.90. The monoisotopic (exact) mass is 428 g/mol. The number of benzene rings is 2. The highest BCUT2D eigenvalue weighted by Gasteiger charge is 2.26. The number of nitrogens with zero attached hydrogens (tertiary/aromatic N) is 4. The van der Waals surface area contributed by atoms with Crippen LogP contribution in [0.4, 0.5) is 5.69 Å². The number of pyridine rings is 2. The Morgan fingerprint density at radius 3 is 2.50 bits per heavy atom. The maximum atomic E-state index is 13.4. The average Bonchev–Trinajstić information content (AvgIpc) is 2.85. The van der Waals surface area contributed by atoms with Gasteiger partial charge < -0.3 is 19.5 Å². The van der Waals surface area contributed by atoms with Crippen molar-refractivity contribution in [2.75, 3.05) is 31.1 Å². The molecule has 0 unspecified atom stereocenters. The zero-order chi connectivity index (χ0) is 22.2. The summed E-state index contributed by atoms with van der Waals surface area (Å²) in [6.45, 7) is 5.05. The summed E-state index contributed by atoms with van der Waals surface area (Å²) in [5.74, 6) is -0.327. The molecule has 0 radical (unpaired) electrons. The van der Waals surface area contributed by atoms with Gasteiger partial charge in [-0.1, -0.05) is 18.2 Å². The van der Waals surface area contributed by atoms with Crippen LogP contribution in [0.5, 0.6) is 5.75 Å². The first kappa shape index (κ1) is 20.1. The molecule has 1 aliphatic rings. The smallest absolute Gasteiger partial charge is 0.259 e. The van der Waals surface area contributed by atoms with Gasteiger partial charge in [0.1, 0.15) is 16.8 Å². The minimum Gasteiger partial charge on any atom is -0.506 e. The number of hydrogen-bond acceptors (Lipinski definition) is 5. The lowest BCUT2D eigenvalue weighted by atomic mass is 10.0. The molecule has 4 aromatic rings. The molecule has 3 heterocycles. The lowest BCUT2D eigenvalue weighted by molar-refractivity contribution is 0.0745. The molecular formula is C25H24N4O3. The predicted molar refractivity (Wildman–Crippen MR) is 125 cm³/mol. The van der Waals surface area contributed by atoms with Gasteiger partial charge in [0.15, 0.2) is 0 Å². The number of aromatic hydroxyl groups is 1. The first-order chi connectivity index (χ1) is 15.6. The van der Waals surface area contributed by atoms with Crippen LogP contribution in [0.1, 0.15) is 17.3 Å². The molecule has 1 saturated heterocycles. The molecule has 1 aliphatic heterocycles. The molecule has 2 aromatic carbocycles. The van der Waals surface area contributed by atoms with Crippen molar-refractivity contribution in [2.24, 2.45) is 0 Å². The zero-order valence-electron chi connectivity index (χ0n) is 17.9. The Labute approximate surface area is 185 Å². The van der Waals surface area contributed by atoms with Crippen LogP contribution in [0.3, 0.4) is 0 Å². The molecular weight excluding hydrogens is 404 g/mol. The Hall–Kier alpha value is -3.87. The fourth-order valence-corrected chi connectivity index (χ4v) is 4.50. The summed E-state index contributed by atoms with van der Waals surface area (Å²) in [5, 5.41) is 11.5. The van der Waals surface area contributed by atoms with Gasteiger partial charge in [0.25, 0.3) is 5.91 Å². The Kier molecular flexibility index (Phi) is 5.01. The number of anilines is 1. The van der Waals surface area contributed by atoms with Crippen LogP contribution >= 0.6 is 0 Å². The van der Waals surface area contributed by atoms with Crippen LogP contribution in [-0.2, 0) is 6.54 Å². The predicted octanol–water partition coefficient (Wildman–Crippen LogP) is 3.24. The number of carbonyl (C=O) groups is 1. The molecule has 0 spiro atoms. The van der Waals surface area contributed by atoms with E-state index >= 15 is 0 Å². The van der Waals surface area contributed by atoms with Crippen molar-refractivity contribution >= 4 is 33.4 Å². The van der Waals surface area contributed by atoms with Crippen molar-refractivity contribution in [3.8, 4) is 5.75 Å². The highest BCUT2D eigenvalue weighted by atomic mass is 16.3. The SMILES string of the molecule is CCn1cc(C(=O)N2CCN(c3ccccc3)CC2)c(=O)c2cc(O)c3ncccc3c21. The van der Waals surface area contributed by atoms with Crippen molar-refractivity contribution in [2.45, 2.75) is 13.5 Å². The number of hydrogen-bond donors (Lipinski definition) is 1. The van der Waals surface area contributed by atoms with Gasteiger partial charge in [-0.2, -0.15) is 0 Å². The summed E-state index contributed by atoms with van der Waals surface area (Å²) in [6, 6.07) is 15.2. The highest BCUT2D eigenvalue weighted by molar-refractivity contribution is 6.08. The van der Waals surface area contributed by atoms with Crippen molar-refractivity contribution in [1.29, 1.82) is 0 Å². The van der Waals surface area contributed by atoms with Crippen LogP contribution < -0.4 is 10.3 Å². The molecule has 2 aromatic heterocycles. The fraction of sp³-hybridized carbons (Fsp3) is 0.240. The van der Waals surface area contributed by atoms with Gasteiger partial charge in [-0.25, -0.2) is 0 Å². The fourth-order valence-electron chi connectivity index (χ4n) is 4.50. The molecule has 1 N–H and O–H groups in total. The topological polar surface area (TPSA) is 78.7 Å². The minimum atomic E-state index is -0.360. The third-order valence-electron chi connectivity index (χ3n) is 6.16. The standard InChI is InChI=1S/C25H24N4O3/c1-2-27-16-20(24(31)19-15-21(30)22-18(23(19)27)9-6-10-26-22)25(32)29-13-11-28(12-14-29)17-7-4-3-5-8-17/h3-10,15-16,30H,2,11-14H2,1H3. The molecule has 32 heavy (non-hydrogen) atoms. The van der Waals surface area contributed by atoms with E-state index < -0.39 is 0 Å². The number of carbonyl (C=O) groups excluding carboxylic acids is 1. The van der Waals surface area contributed by atoms with Crippen LogP contribution in [-0.4, -0.2) is 51.6 Å². The molecule has 7 heteroatoms. The summed E-state index contributed by atoms with van der Waals surface area (Å²) >= 11 is 0. The Balaban J connectivity index is 1.52. The second-order valence-corrected chi connectivity index (χ2v) is 7.96. The lowest BCUT2D eigenvalue weighted by Crippen LogP contribution is -2.49. The molecule has 7 nitrogen and oxygen atoms in total. The molecule has 1 amide bonds. The molecule has 5 rings (SSSR count). The van der Waals surface area contributed by atoms with Crippen LogP contribution in [0.15, 0.2) is 65.7 Å². The first-order valence-electron chi connectivity index (χ1n) is 10.8. The Morgan fingerprint density at radius 2 is 1.78 bits per heavy atom. The third-order valence-corrected chi connectivity index (χ3v) is 6.16. The van der Waals surface area contributed by atoms with E-state index in [9.17, 15) is 14.7 Å². The van der Waals surface area contributed by atoms with E-state index in [1.54, 1.807) is 23.4 Å². The van der Waals surface area contributed by atoms with E-state index in [1.807, 2.05) is 35.8 Å². The molecule has 0 atom stereocenters. The van der Waals surface area contributed by atoms with Crippen molar-refractivity contribution in [3.05, 3.63) is 76.7 Å². The Morgan fingerprint density at radius 1 is 1.03 bits per heavy atom. The van der Waals surface area contributed by atoms with Gasteiger partial charge >= 0.3 is 0 Å². The molecule has 0 bridgehead atoms. The van der Waals surface area contributed by atoms with Crippen LogP contribution in [0, 0.1) is 0 Å². The number of aromatic nitrogens is 2. The number of fused-ring (bicyclic) bond motifs is 3. The number of phenolic OH excluding ortho intramolecular Hbond substituents is 1. The minimum absolute atomic E-state index is 0.0612. The number of para-hydroxylation sites is 1. The summed E-state index contributed by atoms with van der Waals surface area (Å²) in [6.07, 6.45) is 3.26. The van der Waals surface area contributed by atoms with Gasteiger partial charge in [-0.3, -0.25) is 14.6 Å².